The van der Waals surface area contributed by atoms with Gasteiger partial charge in [0.25, 0.3) is 0 Å². The van der Waals surface area contributed by atoms with E-state index in [-0.39, 0.29) is 24.8 Å². The quantitative estimate of drug-likeness (QED) is 0.0739. The number of hydrogen-bond donors (Lipinski definition) is 0. The molecule has 0 fully saturated rings. The molecule has 0 heterocycles. The van der Waals surface area contributed by atoms with Crippen molar-refractivity contribution in [3.63, 3.8) is 0 Å². The summed E-state index contributed by atoms with van der Waals surface area (Å²) in [7, 11) is 0. The fraction of sp³-hybridized carbons (Fsp3) is 0.938. The minimum atomic E-state index is -1.11. The van der Waals surface area contributed by atoms with Crippen LogP contribution >= 0.6 is 0 Å². The molecule has 0 aromatic carbocycles. The average Bonchev–Trinajstić information content (AvgIpc) is 2.86. The Morgan fingerprint density at radius 2 is 0.917 bits per heavy atom. The molecular weight excluding hydrogens is 451 g/mol. The lowest BCUT2D eigenvalue weighted by molar-refractivity contribution is -0.148. The zero-order valence-electron chi connectivity index (χ0n) is 24.3. The van der Waals surface area contributed by atoms with E-state index in [4.69, 9.17) is 4.74 Å². The lowest BCUT2D eigenvalue weighted by Crippen LogP contribution is -2.17. The first-order valence-corrected chi connectivity index (χ1v) is 15.9. The van der Waals surface area contributed by atoms with Gasteiger partial charge in [-0.2, -0.15) is 0 Å². The molecule has 0 amide bonds. The van der Waals surface area contributed by atoms with Crippen LogP contribution < -0.4 is 0 Å². The monoisotopic (exact) mass is 512 g/mol. The molecule has 3 nitrogen and oxygen atoms in total. The van der Waals surface area contributed by atoms with Gasteiger partial charge in [-0.3, -0.25) is 9.59 Å². The number of ketones is 1. The molecule has 36 heavy (non-hydrogen) atoms. The molecular formula is C32H61FO3. The van der Waals surface area contributed by atoms with Gasteiger partial charge in [0.1, 0.15) is 12.8 Å². The Balaban J connectivity index is 3.42. The summed E-state index contributed by atoms with van der Waals surface area (Å²) in [4.78, 5) is 23.7. The number of esters is 1. The third kappa shape index (κ3) is 27.7. The highest BCUT2D eigenvalue weighted by molar-refractivity contribution is 5.82. The minimum Gasteiger partial charge on any atom is -0.458 e. The Bertz CT molecular complexity index is 480. The van der Waals surface area contributed by atoms with Gasteiger partial charge in [-0.25, -0.2) is 4.39 Å². The zero-order chi connectivity index (χ0) is 26.5. The highest BCUT2D eigenvalue weighted by Crippen LogP contribution is 2.15. The van der Waals surface area contributed by atoms with E-state index in [1.807, 2.05) is 0 Å². The van der Waals surface area contributed by atoms with E-state index in [1.165, 1.54) is 109 Å². The molecule has 0 bridgehead atoms. The van der Waals surface area contributed by atoms with Gasteiger partial charge >= 0.3 is 5.97 Å². The second-order valence-corrected chi connectivity index (χ2v) is 11.0. The van der Waals surface area contributed by atoms with E-state index in [1.54, 1.807) is 0 Å². The average molecular weight is 513 g/mol. The van der Waals surface area contributed by atoms with Gasteiger partial charge in [0.15, 0.2) is 5.78 Å². The van der Waals surface area contributed by atoms with Crippen LogP contribution in [-0.4, -0.2) is 24.5 Å². The van der Waals surface area contributed by atoms with Gasteiger partial charge in [0.2, 0.25) is 0 Å². The molecule has 1 unspecified atom stereocenters. The van der Waals surface area contributed by atoms with E-state index < -0.39 is 6.17 Å². The van der Waals surface area contributed by atoms with E-state index >= 15 is 0 Å². The number of alkyl halides is 1. The Morgan fingerprint density at radius 3 is 1.33 bits per heavy atom. The molecule has 0 radical (unpaired) electrons. The molecule has 0 spiro atoms. The predicted octanol–water partition coefficient (Wildman–Crippen LogP) is 10.6. The van der Waals surface area contributed by atoms with Gasteiger partial charge in [0.05, 0.1) is 0 Å². The van der Waals surface area contributed by atoms with Gasteiger partial charge in [-0.1, -0.05) is 155 Å². The number of Topliss-reactive ketones (excluding diaryl/α,β-unsaturated/α-hetero) is 1. The van der Waals surface area contributed by atoms with Crippen molar-refractivity contribution < 1.29 is 18.7 Å². The first-order valence-electron chi connectivity index (χ1n) is 15.9. The molecule has 0 aliphatic heterocycles. The van der Waals surface area contributed by atoms with E-state index in [0.717, 1.165) is 38.5 Å². The van der Waals surface area contributed by atoms with Gasteiger partial charge < -0.3 is 4.74 Å². The normalized spacial score (nSPS) is 12.1. The lowest BCUT2D eigenvalue weighted by Gasteiger charge is -2.08. The predicted molar refractivity (Wildman–Crippen MR) is 152 cm³/mol. The van der Waals surface area contributed by atoms with Crippen LogP contribution in [0.15, 0.2) is 0 Å². The van der Waals surface area contributed by atoms with Crippen molar-refractivity contribution in [3.8, 4) is 0 Å². The first-order chi connectivity index (χ1) is 17.6. The van der Waals surface area contributed by atoms with Crippen molar-refractivity contribution in [3.05, 3.63) is 0 Å². The maximum Gasteiger partial charge on any atom is 0.306 e. The van der Waals surface area contributed by atoms with Crippen LogP contribution in [0.1, 0.15) is 181 Å². The zero-order valence-corrected chi connectivity index (χ0v) is 24.3. The van der Waals surface area contributed by atoms with Crippen molar-refractivity contribution in [2.45, 2.75) is 187 Å². The fourth-order valence-electron chi connectivity index (χ4n) is 4.78. The Hall–Kier alpha value is -0.930. The number of hydrogen-bond acceptors (Lipinski definition) is 3. The van der Waals surface area contributed by atoms with E-state index in [2.05, 4.69) is 13.8 Å². The third-order valence-corrected chi connectivity index (χ3v) is 7.20. The van der Waals surface area contributed by atoms with Crippen molar-refractivity contribution in [1.82, 2.24) is 0 Å². The molecule has 1 atom stereocenters. The fourth-order valence-corrected chi connectivity index (χ4v) is 4.78. The molecule has 0 saturated heterocycles. The van der Waals surface area contributed by atoms with Crippen LogP contribution in [0.3, 0.4) is 0 Å². The number of carbonyl (C=O) groups excluding carboxylic acids is 2. The topological polar surface area (TPSA) is 43.4 Å². The van der Waals surface area contributed by atoms with Crippen LogP contribution in [0.25, 0.3) is 0 Å². The van der Waals surface area contributed by atoms with Crippen molar-refractivity contribution in [1.29, 1.82) is 0 Å². The molecule has 0 rings (SSSR count). The highest BCUT2D eigenvalue weighted by Gasteiger charge is 2.14. The van der Waals surface area contributed by atoms with Crippen molar-refractivity contribution in [2.75, 3.05) is 6.61 Å². The summed E-state index contributed by atoms with van der Waals surface area (Å²) in [6.45, 7) is 4.23. The molecule has 4 heteroatoms. The number of halogens is 1. The smallest absolute Gasteiger partial charge is 0.306 e. The standard InChI is InChI=1S/C32H61FO3/c1-3-5-7-9-11-13-15-16-17-19-21-23-25-27-32(35)36-29-31(34)28-30(33)26-24-22-20-18-14-12-10-8-6-4-2/h30H,3-29H2,1-2H3. The maximum absolute atomic E-state index is 14.0. The summed E-state index contributed by atoms with van der Waals surface area (Å²) in [6.07, 6.45) is 28.2. The molecule has 214 valence electrons. The Labute approximate surface area is 224 Å². The van der Waals surface area contributed by atoms with E-state index in [9.17, 15) is 14.0 Å². The summed E-state index contributed by atoms with van der Waals surface area (Å²) < 4.78 is 19.1. The van der Waals surface area contributed by atoms with Gasteiger partial charge in [-0.05, 0) is 12.8 Å². The number of unbranched alkanes of at least 4 members (excludes halogenated alkanes) is 21. The summed E-state index contributed by atoms with van der Waals surface area (Å²) in [5, 5.41) is 0. The van der Waals surface area contributed by atoms with Gasteiger partial charge in [-0.15, -0.1) is 0 Å². The number of rotatable bonds is 29. The molecule has 0 saturated carbocycles. The second kappa shape index (κ2) is 28.6. The molecule has 0 aliphatic rings. The maximum atomic E-state index is 14.0. The van der Waals surface area contributed by atoms with Crippen molar-refractivity contribution in [2.24, 2.45) is 0 Å². The van der Waals surface area contributed by atoms with Crippen LogP contribution in [0.2, 0.25) is 0 Å². The molecule has 0 aromatic heterocycles. The second-order valence-electron chi connectivity index (χ2n) is 11.0. The number of ether oxygens (including phenoxy) is 1. The summed E-state index contributed by atoms with van der Waals surface area (Å²) in [6, 6.07) is 0. The summed E-state index contributed by atoms with van der Waals surface area (Å²) in [5.41, 5.74) is 0. The van der Waals surface area contributed by atoms with Crippen LogP contribution in [0.4, 0.5) is 4.39 Å². The largest absolute Gasteiger partial charge is 0.458 e. The van der Waals surface area contributed by atoms with Crippen LogP contribution in [0, 0.1) is 0 Å². The molecule has 0 aromatic rings. The summed E-state index contributed by atoms with van der Waals surface area (Å²) in [5.74, 6) is -0.621. The SMILES string of the molecule is CCCCCCCCCCCCCCCC(=O)OCC(=O)CC(F)CCCCCCCCCCCC. The first kappa shape index (κ1) is 35.1. The Morgan fingerprint density at radius 1 is 0.556 bits per heavy atom. The van der Waals surface area contributed by atoms with Gasteiger partial charge in [0, 0.05) is 12.8 Å². The lowest BCUT2D eigenvalue weighted by atomic mass is 10.0. The van der Waals surface area contributed by atoms with Crippen molar-refractivity contribution >= 4 is 11.8 Å². The minimum absolute atomic E-state index is 0.122. The summed E-state index contributed by atoms with van der Waals surface area (Å²) >= 11 is 0. The number of carbonyl (C=O) groups is 2. The van der Waals surface area contributed by atoms with Crippen LogP contribution in [-0.2, 0) is 14.3 Å². The molecule has 0 N–H and O–H groups in total. The highest BCUT2D eigenvalue weighted by atomic mass is 19.1. The molecule has 0 aliphatic carbocycles. The Kier molecular flexibility index (Phi) is 27.9. The third-order valence-electron chi connectivity index (χ3n) is 7.20. The van der Waals surface area contributed by atoms with Crippen LogP contribution in [0.5, 0.6) is 0 Å². The van der Waals surface area contributed by atoms with E-state index in [0.29, 0.717) is 12.8 Å².